The molecule has 3 heteroatoms. The van der Waals surface area contributed by atoms with Crippen molar-refractivity contribution < 1.29 is 9.53 Å². The van der Waals surface area contributed by atoms with Crippen molar-refractivity contribution in [2.45, 2.75) is 13.3 Å². The number of Topliss-reactive ketones (excluding diaryl/α,β-unsaturated/α-hetero) is 1. The largest absolute Gasteiger partial charge is 0.492 e. The SMILES string of the molecule is CC(=O)c1ccc2ccccc2c1OCCCCl. The van der Waals surface area contributed by atoms with Gasteiger partial charge in [0.15, 0.2) is 5.78 Å². The summed E-state index contributed by atoms with van der Waals surface area (Å²) in [4.78, 5) is 11.6. The van der Waals surface area contributed by atoms with Crippen molar-refractivity contribution >= 4 is 28.2 Å². The lowest BCUT2D eigenvalue weighted by atomic mass is 10.0. The van der Waals surface area contributed by atoms with E-state index in [2.05, 4.69) is 0 Å². The molecule has 0 spiro atoms. The zero-order valence-electron chi connectivity index (χ0n) is 10.3. The van der Waals surface area contributed by atoms with Gasteiger partial charge in [-0.25, -0.2) is 0 Å². The molecule has 2 nitrogen and oxygen atoms in total. The van der Waals surface area contributed by atoms with Gasteiger partial charge in [0.05, 0.1) is 12.2 Å². The first-order chi connectivity index (χ1) is 8.74. The normalized spacial score (nSPS) is 10.6. The van der Waals surface area contributed by atoms with E-state index in [0.717, 1.165) is 17.2 Å². The fourth-order valence-corrected chi connectivity index (χ4v) is 2.01. The fraction of sp³-hybridized carbons (Fsp3) is 0.267. The zero-order valence-corrected chi connectivity index (χ0v) is 11.0. The highest BCUT2D eigenvalue weighted by molar-refractivity contribution is 6.17. The summed E-state index contributed by atoms with van der Waals surface area (Å²) in [6.45, 7) is 2.08. The molecule has 0 aromatic heterocycles. The second-order valence-electron chi connectivity index (χ2n) is 4.11. The highest BCUT2D eigenvalue weighted by Crippen LogP contribution is 2.30. The predicted molar refractivity (Wildman–Crippen MR) is 74.8 cm³/mol. The minimum Gasteiger partial charge on any atom is -0.492 e. The summed E-state index contributed by atoms with van der Waals surface area (Å²) in [5.41, 5.74) is 0.628. The van der Waals surface area contributed by atoms with Crippen LogP contribution >= 0.6 is 11.6 Å². The van der Waals surface area contributed by atoms with Crippen LogP contribution < -0.4 is 4.74 Å². The van der Waals surface area contributed by atoms with E-state index in [1.165, 1.54) is 0 Å². The fourth-order valence-electron chi connectivity index (χ4n) is 1.90. The van der Waals surface area contributed by atoms with E-state index in [1.807, 2.05) is 36.4 Å². The van der Waals surface area contributed by atoms with Crippen LogP contribution in [0.5, 0.6) is 5.75 Å². The molecule has 0 N–H and O–H groups in total. The number of carbonyl (C=O) groups is 1. The summed E-state index contributed by atoms with van der Waals surface area (Å²) in [6.07, 6.45) is 0.766. The minimum absolute atomic E-state index is 0.0154. The van der Waals surface area contributed by atoms with Crippen LogP contribution in [0.15, 0.2) is 36.4 Å². The maximum atomic E-state index is 11.6. The van der Waals surface area contributed by atoms with Gasteiger partial charge in [-0.1, -0.05) is 30.3 Å². The van der Waals surface area contributed by atoms with E-state index < -0.39 is 0 Å². The first-order valence-electron chi connectivity index (χ1n) is 5.95. The molecule has 0 amide bonds. The summed E-state index contributed by atoms with van der Waals surface area (Å²) in [6, 6.07) is 11.7. The van der Waals surface area contributed by atoms with E-state index in [1.54, 1.807) is 6.92 Å². The zero-order chi connectivity index (χ0) is 13.0. The first-order valence-corrected chi connectivity index (χ1v) is 6.49. The Balaban J connectivity index is 2.48. The number of alkyl halides is 1. The lowest BCUT2D eigenvalue weighted by Crippen LogP contribution is -2.04. The van der Waals surface area contributed by atoms with E-state index >= 15 is 0 Å². The van der Waals surface area contributed by atoms with Crippen LogP contribution in [0.4, 0.5) is 0 Å². The third-order valence-electron chi connectivity index (χ3n) is 2.78. The quantitative estimate of drug-likeness (QED) is 0.462. The summed E-state index contributed by atoms with van der Waals surface area (Å²) in [5.74, 6) is 1.24. The lowest BCUT2D eigenvalue weighted by molar-refractivity contribution is 0.101. The molecule has 0 saturated heterocycles. The number of hydrogen-bond donors (Lipinski definition) is 0. The number of benzene rings is 2. The highest BCUT2D eigenvalue weighted by Gasteiger charge is 2.12. The van der Waals surface area contributed by atoms with Crippen LogP contribution in [-0.2, 0) is 0 Å². The van der Waals surface area contributed by atoms with E-state index in [-0.39, 0.29) is 5.78 Å². The van der Waals surface area contributed by atoms with Gasteiger partial charge in [0, 0.05) is 11.3 Å². The van der Waals surface area contributed by atoms with Crippen LogP contribution in [0.3, 0.4) is 0 Å². The molecule has 0 atom stereocenters. The molecule has 0 aliphatic heterocycles. The molecule has 0 unspecified atom stereocenters. The van der Waals surface area contributed by atoms with E-state index in [4.69, 9.17) is 16.3 Å². The number of fused-ring (bicyclic) bond motifs is 1. The molecular formula is C15H15ClO2. The number of halogens is 1. The minimum atomic E-state index is 0.0154. The van der Waals surface area contributed by atoms with Gasteiger partial charge in [-0.2, -0.15) is 0 Å². The van der Waals surface area contributed by atoms with Crippen LogP contribution in [0.2, 0.25) is 0 Å². The van der Waals surface area contributed by atoms with Gasteiger partial charge in [0.1, 0.15) is 5.75 Å². The van der Waals surface area contributed by atoms with Gasteiger partial charge >= 0.3 is 0 Å². The van der Waals surface area contributed by atoms with Gasteiger partial charge in [-0.05, 0) is 24.8 Å². The molecular weight excluding hydrogens is 248 g/mol. The van der Waals surface area contributed by atoms with Crippen LogP contribution in [-0.4, -0.2) is 18.3 Å². The number of hydrogen-bond acceptors (Lipinski definition) is 2. The van der Waals surface area contributed by atoms with Crippen LogP contribution in [0, 0.1) is 0 Å². The summed E-state index contributed by atoms with van der Waals surface area (Å²) >= 11 is 5.64. The maximum absolute atomic E-state index is 11.6. The van der Waals surface area contributed by atoms with E-state index in [0.29, 0.717) is 23.8 Å². The van der Waals surface area contributed by atoms with Gasteiger partial charge in [-0.15, -0.1) is 11.6 Å². The predicted octanol–water partition coefficient (Wildman–Crippen LogP) is 4.05. The third-order valence-corrected chi connectivity index (χ3v) is 3.05. The Morgan fingerprint density at radius 1 is 1.22 bits per heavy atom. The topological polar surface area (TPSA) is 26.3 Å². The molecule has 0 saturated carbocycles. The van der Waals surface area contributed by atoms with Crippen LogP contribution in [0.1, 0.15) is 23.7 Å². The molecule has 2 aromatic rings. The molecule has 2 rings (SSSR count). The van der Waals surface area contributed by atoms with E-state index in [9.17, 15) is 4.79 Å². The van der Waals surface area contributed by atoms with Crippen molar-refractivity contribution in [1.82, 2.24) is 0 Å². The molecule has 0 heterocycles. The Bertz CT molecular complexity index is 563. The second kappa shape index (κ2) is 5.87. The summed E-state index contributed by atoms with van der Waals surface area (Å²) < 4.78 is 5.75. The Labute approximate surface area is 112 Å². The lowest BCUT2D eigenvalue weighted by Gasteiger charge is -2.12. The Morgan fingerprint density at radius 3 is 2.72 bits per heavy atom. The number of ketones is 1. The average Bonchev–Trinajstić information content (AvgIpc) is 2.38. The Hall–Kier alpha value is -1.54. The molecule has 94 valence electrons. The van der Waals surface area contributed by atoms with Gasteiger partial charge < -0.3 is 4.74 Å². The summed E-state index contributed by atoms with van der Waals surface area (Å²) in [7, 11) is 0. The van der Waals surface area contributed by atoms with Crippen molar-refractivity contribution in [3.63, 3.8) is 0 Å². The molecule has 0 aliphatic rings. The molecule has 0 radical (unpaired) electrons. The van der Waals surface area contributed by atoms with Crippen LogP contribution in [0.25, 0.3) is 10.8 Å². The Kier molecular flexibility index (Phi) is 4.21. The number of rotatable bonds is 5. The smallest absolute Gasteiger partial charge is 0.163 e. The van der Waals surface area contributed by atoms with Crippen molar-refractivity contribution in [1.29, 1.82) is 0 Å². The molecule has 2 aromatic carbocycles. The monoisotopic (exact) mass is 262 g/mol. The molecule has 18 heavy (non-hydrogen) atoms. The highest BCUT2D eigenvalue weighted by atomic mass is 35.5. The molecule has 0 aliphatic carbocycles. The standard InChI is InChI=1S/C15H15ClO2/c1-11(17)13-8-7-12-5-2-3-6-14(12)15(13)18-10-4-9-16/h2-3,5-8H,4,9-10H2,1H3. The second-order valence-corrected chi connectivity index (χ2v) is 4.49. The average molecular weight is 263 g/mol. The number of carbonyl (C=O) groups excluding carboxylic acids is 1. The first kappa shape index (κ1) is 12.9. The maximum Gasteiger partial charge on any atom is 0.163 e. The van der Waals surface area contributed by atoms with Gasteiger partial charge in [0.25, 0.3) is 0 Å². The third kappa shape index (κ3) is 2.65. The van der Waals surface area contributed by atoms with Crippen molar-refractivity contribution in [2.24, 2.45) is 0 Å². The number of ether oxygens (including phenoxy) is 1. The van der Waals surface area contributed by atoms with Gasteiger partial charge in [0.2, 0.25) is 0 Å². The van der Waals surface area contributed by atoms with Crippen molar-refractivity contribution in [2.75, 3.05) is 12.5 Å². The van der Waals surface area contributed by atoms with Crippen molar-refractivity contribution in [3.05, 3.63) is 42.0 Å². The molecule has 0 bridgehead atoms. The summed E-state index contributed by atoms with van der Waals surface area (Å²) in [5, 5.41) is 2.04. The molecule has 0 fully saturated rings. The van der Waals surface area contributed by atoms with Crippen molar-refractivity contribution in [3.8, 4) is 5.75 Å². The van der Waals surface area contributed by atoms with Gasteiger partial charge in [-0.3, -0.25) is 4.79 Å². The Morgan fingerprint density at radius 2 is 2.00 bits per heavy atom.